The van der Waals surface area contributed by atoms with E-state index in [1.165, 1.54) is 7.05 Å². The lowest BCUT2D eigenvalue weighted by Gasteiger charge is -2.10. The fourth-order valence-corrected chi connectivity index (χ4v) is 0. The summed E-state index contributed by atoms with van der Waals surface area (Å²) < 4.78 is 0. The minimum atomic E-state index is -0.931. The fraction of sp³-hybridized carbons (Fsp3) is 1.00. The number of rotatable bonds is 1. The molecule has 0 aromatic carbocycles. The quantitative estimate of drug-likeness (QED) is 0.337. The predicted molar refractivity (Wildman–Crippen MR) is 25.3 cm³/mol. The highest BCUT2D eigenvalue weighted by Gasteiger charge is 2.06. The minimum Gasteiger partial charge on any atom is -0.344 e. The largest absolute Gasteiger partial charge is 0.344 e. The summed E-state index contributed by atoms with van der Waals surface area (Å²) in [5.74, 6) is 0. The van der Waals surface area contributed by atoms with Crippen molar-refractivity contribution in [2.75, 3.05) is 13.6 Å². The van der Waals surface area contributed by atoms with Crippen molar-refractivity contribution in [3.8, 4) is 0 Å². The third-order valence-electron chi connectivity index (χ3n) is 0.599. The molecule has 0 radical (unpaired) electrons. The summed E-state index contributed by atoms with van der Waals surface area (Å²) in [4.78, 5) is -0.931. The first-order valence-electron chi connectivity index (χ1n) is 1.87. The van der Waals surface area contributed by atoms with Gasteiger partial charge in [-0.1, -0.05) is 4.81 Å². The molecule has 7 heavy (non-hydrogen) atoms. The fourth-order valence-electron chi connectivity index (χ4n) is 0. The zero-order valence-corrected chi connectivity index (χ0v) is 4.76. The Morgan fingerprint density at radius 2 is 1.57 bits per heavy atom. The van der Waals surface area contributed by atoms with Crippen LogP contribution in [0.15, 0.2) is 0 Å². The molecule has 0 aromatic rings. The van der Waals surface area contributed by atoms with Gasteiger partial charge in [0.15, 0.2) is 0 Å². The highest BCUT2D eigenvalue weighted by molar-refractivity contribution is 3.92. The van der Waals surface area contributed by atoms with Gasteiger partial charge in [0.05, 0.1) is 0 Å². The van der Waals surface area contributed by atoms with E-state index in [0.717, 1.165) is 0 Å². The van der Waals surface area contributed by atoms with E-state index in [1.54, 1.807) is 6.92 Å². The van der Waals surface area contributed by atoms with Gasteiger partial charge >= 0.3 is 0 Å². The molecule has 4 nitrogen and oxygen atoms in total. The second-order valence-corrected chi connectivity index (χ2v) is 1.40. The SMILES string of the molecule is CC[N+](C)(O)O.N. The third kappa shape index (κ3) is 10.7. The van der Waals surface area contributed by atoms with Crippen LogP contribution in [0.1, 0.15) is 6.92 Å². The van der Waals surface area contributed by atoms with Gasteiger partial charge in [0.25, 0.3) is 0 Å². The van der Waals surface area contributed by atoms with E-state index < -0.39 is 4.81 Å². The molecule has 46 valence electrons. The van der Waals surface area contributed by atoms with Crippen LogP contribution in [0.25, 0.3) is 0 Å². The van der Waals surface area contributed by atoms with Crippen LogP contribution in [0.3, 0.4) is 0 Å². The molecule has 0 saturated heterocycles. The lowest BCUT2D eigenvalue weighted by molar-refractivity contribution is -1.23. The maximum atomic E-state index is 8.32. The average molecular weight is 109 g/mol. The van der Waals surface area contributed by atoms with Crippen molar-refractivity contribution in [3.63, 3.8) is 0 Å². The number of hydroxylamine groups is 4. The lowest BCUT2D eigenvalue weighted by atomic mass is 10.7. The Morgan fingerprint density at radius 1 is 1.43 bits per heavy atom. The molecule has 0 aliphatic rings. The first-order valence-corrected chi connectivity index (χ1v) is 1.87. The van der Waals surface area contributed by atoms with Gasteiger partial charge in [-0.3, -0.25) is 0 Å². The minimum absolute atomic E-state index is 0. The molecule has 0 aliphatic carbocycles. The van der Waals surface area contributed by atoms with Crippen molar-refractivity contribution >= 4 is 0 Å². The third-order valence-corrected chi connectivity index (χ3v) is 0.599. The first-order chi connectivity index (χ1) is 2.56. The zero-order chi connectivity index (χ0) is 5.21. The van der Waals surface area contributed by atoms with Crippen LogP contribution in [0.2, 0.25) is 0 Å². The highest BCUT2D eigenvalue weighted by atomic mass is 16.8. The molecule has 0 amide bonds. The van der Waals surface area contributed by atoms with Gasteiger partial charge in [-0.15, -0.1) is 0 Å². The number of nitrogens with zero attached hydrogens (tertiary/aromatic N) is 1. The molecule has 0 fully saturated rings. The van der Waals surface area contributed by atoms with Crippen molar-refractivity contribution in [2.24, 2.45) is 0 Å². The highest BCUT2D eigenvalue weighted by Crippen LogP contribution is 1.82. The van der Waals surface area contributed by atoms with E-state index in [2.05, 4.69) is 0 Å². The van der Waals surface area contributed by atoms with Crippen LogP contribution >= 0.6 is 0 Å². The van der Waals surface area contributed by atoms with E-state index in [-0.39, 0.29) is 6.15 Å². The van der Waals surface area contributed by atoms with Crippen LogP contribution in [0.5, 0.6) is 0 Å². The molecule has 0 saturated carbocycles. The predicted octanol–water partition coefficient (Wildman–Crippen LogP) is 0.393. The molecule has 0 rings (SSSR count). The zero-order valence-electron chi connectivity index (χ0n) is 4.76. The standard InChI is InChI=1S/C3H10NO2.H3N/c1-3-4(2,5)6;/h5-6H,3H2,1-2H3;1H3/q+1;. The summed E-state index contributed by atoms with van der Waals surface area (Å²) in [7, 11) is 1.29. The van der Waals surface area contributed by atoms with E-state index >= 15 is 0 Å². The molecule has 5 N–H and O–H groups in total. The van der Waals surface area contributed by atoms with Crippen LogP contribution in [0, 0.1) is 0 Å². The van der Waals surface area contributed by atoms with E-state index in [9.17, 15) is 0 Å². The van der Waals surface area contributed by atoms with Crippen molar-refractivity contribution in [1.29, 1.82) is 0 Å². The van der Waals surface area contributed by atoms with Crippen LogP contribution in [0.4, 0.5) is 0 Å². The Labute approximate surface area is 43.1 Å². The van der Waals surface area contributed by atoms with Gasteiger partial charge in [-0.25, -0.2) is 0 Å². The maximum absolute atomic E-state index is 8.32. The molecule has 0 aromatic heterocycles. The Bertz CT molecular complexity index is 40.7. The lowest BCUT2D eigenvalue weighted by Crippen LogP contribution is -2.35. The van der Waals surface area contributed by atoms with E-state index in [0.29, 0.717) is 6.54 Å². The Morgan fingerprint density at radius 3 is 1.57 bits per heavy atom. The Hall–Kier alpha value is -0.160. The molecule has 0 unspecified atom stereocenters. The van der Waals surface area contributed by atoms with Crippen LogP contribution in [-0.2, 0) is 0 Å². The molecule has 0 heterocycles. The summed E-state index contributed by atoms with van der Waals surface area (Å²) in [6, 6.07) is 0. The second kappa shape index (κ2) is 2.92. The number of hydrogen-bond acceptors (Lipinski definition) is 3. The molecule has 4 heteroatoms. The second-order valence-electron chi connectivity index (χ2n) is 1.40. The Kier molecular flexibility index (Phi) is 4.16. The molecule has 0 bridgehead atoms. The van der Waals surface area contributed by atoms with Gasteiger partial charge in [0.1, 0.15) is 13.6 Å². The van der Waals surface area contributed by atoms with Crippen LogP contribution in [-0.4, -0.2) is 28.8 Å². The van der Waals surface area contributed by atoms with Crippen molar-refractivity contribution in [1.82, 2.24) is 6.15 Å². The van der Waals surface area contributed by atoms with Crippen molar-refractivity contribution < 1.29 is 15.2 Å². The average Bonchev–Trinajstić information content (AvgIpc) is 1.35. The summed E-state index contributed by atoms with van der Waals surface area (Å²) in [5.41, 5.74) is 0. The smallest absolute Gasteiger partial charge is 0.139 e. The monoisotopic (exact) mass is 109 g/mol. The summed E-state index contributed by atoms with van der Waals surface area (Å²) in [6.45, 7) is 2.00. The van der Waals surface area contributed by atoms with Gasteiger partial charge < -0.3 is 6.15 Å². The van der Waals surface area contributed by atoms with Gasteiger partial charge in [0, 0.05) is 0 Å². The molecule has 0 atom stereocenters. The Balaban J connectivity index is 0. The van der Waals surface area contributed by atoms with E-state index in [4.69, 9.17) is 10.4 Å². The summed E-state index contributed by atoms with van der Waals surface area (Å²) in [6.07, 6.45) is 0. The topological polar surface area (TPSA) is 75.5 Å². The first kappa shape index (κ1) is 9.96. The normalized spacial score (nSPS) is 10.3. The molecule has 0 spiro atoms. The van der Waals surface area contributed by atoms with Crippen LogP contribution < -0.4 is 6.15 Å². The molecular weight excluding hydrogens is 96.0 g/mol. The molecule has 0 aliphatic heterocycles. The van der Waals surface area contributed by atoms with Gasteiger partial charge in [0.2, 0.25) is 0 Å². The van der Waals surface area contributed by atoms with Gasteiger partial charge in [-0.2, -0.15) is 10.4 Å². The van der Waals surface area contributed by atoms with E-state index in [1.807, 2.05) is 0 Å². The number of hydrogen-bond donors (Lipinski definition) is 3. The maximum Gasteiger partial charge on any atom is 0.139 e. The summed E-state index contributed by atoms with van der Waals surface area (Å²) >= 11 is 0. The number of quaternary nitrogens is 1. The molecular formula is C3H13N2O2+. The van der Waals surface area contributed by atoms with Crippen molar-refractivity contribution in [3.05, 3.63) is 0 Å². The summed E-state index contributed by atoms with van der Waals surface area (Å²) in [5, 5.41) is 16.6. The van der Waals surface area contributed by atoms with Gasteiger partial charge in [-0.05, 0) is 6.92 Å². The van der Waals surface area contributed by atoms with Crippen molar-refractivity contribution in [2.45, 2.75) is 6.92 Å².